The van der Waals surface area contributed by atoms with E-state index in [0.717, 1.165) is 18.2 Å². The van der Waals surface area contributed by atoms with Crippen molar-refractivity contribution in [2.24, 2.45) is 0 Å². The highest BCUT2D eigenvalue weighted by Crippen LogP contribution is 2.37. The van der Waals surface area contributed by atoms with Crippen molar-refractivity contribution >= 4 is 5.97 Å². The summed E-state index contributed by atoms with van der Waals surface area (Å²) in [5.41, 5.74) is -0.0324. The normalized spacial score (nSPS) is 25.3. The predicted molar refractivity (Wildman–Crippen MR) is 104 cm³/mol. The average Bonchev–Trinajstić information content (AvgIpc) is 2.72. The van der Waals surface area contributed by atoms with Crippen molar-refractivity contribution in [1.82, 2.24) is 0 Å². The van der Waals surface area contributed by atoms with Crippen molar-refractivity contribution < 1.29 is 59.9 Å². The van der Waals surface area contributed by atoms with Crippen LogP contribution in [0.1, 0.15) is 15.9 Å². The third-order valence-corrected chi connectivity index (χ3v) is 4.83. The van der Waals surface area contributed by atoms with Gasteiger partial charge in [-0.1, -0.05) is 0 Å². The summed E-state index contributed by atoms with van der Waals surface area (Å²) in [6.45, 7) is 0.865. The second-order valence-corrected chi connectivity index (χ2v) is 7.21. The van der Waals surface area contributed by atoms with E-state index in [9.17, 15) is 45.6 Å². The molecule has 1 aliphatic rings. The molecule has 1 aliphatic heterocycles. The topological polar surface area (TPSA) is 207 Å². The Balaban J connectivity index is 1.72. The summed E-state index contributed by atoms with van der Waals surface area (Å²) in [6.07, 6.45) is -8.16. The maximum Gasteiger partial charge on any atom is 0.338 e. The van der Waals surface area contributed by atoms with Crippen molar-refractivity contribution in [3.05, 3.63) is 35.4 Å². The van der Waals surface area contributed by atoms with Crippen molar-refractivity contribution in [3.8, 4) is 34.5 Å². The van der Waals surface area contributed by atoms with Gasteiger partial charge in [-0.3, -0.25) is 0 Å². The quantitative estimate of drug-likeness (QED) is 0.214. The fraction of sp³-hybridized carbons (Fsp3) is 0.350. The zero-order chi connectivity index (χ0) is 23.7. The smallest absolute Gasteiger partial charge is 0.338 e. The summed E-state index contributed by atoms with van der Waals surface area (Å²) >= 11 is 0. The molecule has 5 atom stereocenters. The van der Waals surface area contributed by atoms with Gasteiger partial charge in [0, 0.05) is 6.07 Å². The van der Waals surface area contributed by atoms with Crippen molar-refractivity contribution in [2.45, 2.75) is 37.6 Å². The lowest BCUT2D eigenvalue weighted by molar-refractivity contribution is -0.277. The summed E-state index contributed by atoms with van der Waals surface area (Å²) in [4.78, 5) is 12.2. The second kappa shape index (κ2) is 8.96. The van der Waals surface area contributed by atoms with Crippen LogP contribution in [0.25, 0.3) is 0 Å². The Morgan fingerprint density at radius 3 is 2.12 bits per heavy atom. The molecule has 0 aromatic heterocycles. The minimum absolute atomic E-state index is 0.152. The van der Waals surface area contributed by atoms with Crippen LogP contribution in [0.5, 0.6) is 34.5 Å². The van der Waals surface area contributed by atoms with Crippen molar-refractivity contribution in [1.29, 1.82) is 0 Å². The molecule has 32 heavy (non-hydrogen) atoms. The van der Waals surface area contributed by atoms with Gasteiger partial charge < -0.3 is 55.1 Å². The first-order chi connectivity index (χ1) is 15.0. The fourth-order valence-corrected chi connectivity index (χ4v) is 3.12. The van der Waals surface area contributed by atoms with Crippen LogP contribution in [-0.2, 0) is 9.47 Å². The van der Waals surface area contributed by atoms with Gasteiger partial charge in [-0.25, -0.2) is 4.79 Å². The molecule has 0 aliphatic carbocycles. The third kappa shape index (κ3) is 4.57. The zero-order valence-corrected chi connectivity index (χ0v) is 16.6. The lowest BCUT2D eigenvalue weighted by Crippen LogP contribution is -2.60. The van der Waals surface area contributed by atoms with E-state index in [0.29, 0.717) is 0 Å². The van der Waals surface area contributed by atoms with Crippen LogP contribution in [0, 0.1) is 6.92 Å². The van der Waals surface area contributed by atoms with Crippen LogP contribution in [0.15, 0.2) is 24.3 Å². The van der Waals surface area contributed by atoms with Crippen LogP contribution in [-0.4, -0.2) is 84.1 Å². The molecule has 12 heteroatoms. The Bertz CT molecular complexity index is 960. The summed E-state index contributed by atoms with van der Waals surface area (Å²) < 4.78 is 15.8. The van der Waals surface area contributed by atoms with E-state index in [2.05, 4.69) is 0 Å². The number of aliphatic hydroxyl groups is 3. The number of hydrogen-bond donors (Lipinski definition) is 8. The summed E-state index contributed by atoms with van der Waals surface area (Å²) in [5.74, 6) is -4.25. The number of aryl methyl sites for hydroxylation is 1. The Morgan fingerprint density at radius 2 is 1.53 bits per heavy atom. The number of carbonyl (C=O) groups excluding carboxylic acids is 1. The first-order valence-electron chi connectivity index (χ1n) is 9.30. The molecule has 2 aromatic rings. The Labute approximate surface area is 180 Å². The molecule has 1 heterocycles. The van der Waals surface area contributed by atoms with Crippen LogP contribution in [0.4, 0.5) is 0 Å². The van der Waals surface area contributed by atoms with Gasteiger partial charge in [0.05, 0.1) is 5.56 Å². The number of aliphatic hydroxyl groups excluding tert-OH is 3. The van der Waals surface area contributed by atoms with Gasteiger partial charge in [-0.2, -0.15) is 0 Å². The number of phenols is 5. The van der Waals surface area contributed by atoms with E-state index < -0.39 is 66.3 Å². The van der Waals surface area contributed by atoms with E-state index >= 15 is 0 Å². The van der Waals surface area contributed by atoms with Crippen LogP contribution in [0.3, 0.4) is 0 Å². The molecular formula is C20H22O12. The maximum absolute atomic E-state index is 12.2. The molecule has 0 saturated carbocycles. The monoisotopic (exact) mass is 454 g/mol. The number of benzene rings is 2. The molecule has 1 saturated heterocycles. The average molecular weight is 454 g/mol. The number of aromatic hydroxyl groups is 5. The molecule has 12 nitrogen and oxygen atoms in total. The molecule has 8 N–H and O–H groups in total. The number of carbonyl (C=O) groups is 1. The minimum Gasteiger partial charge on any atom is -0.508 e. The van der Waals surface area contributed by atoms with Crippen LogP contribution in [0.2, 0.25) is 0 Å². The van der Waals surface area contributed by atoms with E-state index in [1.165, 1.54) is 13.0 Å². The fourth-order valence-electron chi connectivity index (χ4n) is 3.12. The lowest BCUT2D eigenvalue weighted by Gasteiger charge is -2.40. The molecule has 174 valence electrons. The SMILES string of the molecule is Cc1cc(O)cc(O)c1O[C@@H]1O[C@H](COC(=O)c2cc(O)c(O)c(O)c2)[C@@H](O)[C@H](O)[C@H]1O. The van der Waals surface area contributed by atoms with Gasteiger partial charge in [-0.05, 0) is 30.7 Å². The molecule has 0 amide bonds. The zero-order valence-electron chi connectivity index (χ0n) is 16.6. The molecular weight excluding hydrogens is 432 g/mol. The van der Waals surface area contributed by atoms with Gasteiger partial charge in [0.25, 0.3) is 0 Å². The number of rotatable bonds is 5. The van der Waals surface area contributed by atoms with E-state index in [-0.39, 0.29) is 22.6 Å². The highest BCUT2D eigenvalue weighted by atomic mass is 16.7. The largest absolute Gasteiger partial charge is 0.508 e. The molecule has 3 rings (SSSR count). The van der Waals surface area contributed by atoms with Crippen LogP contribution < -0.4 is 4.74 Å². The molecule has 2 aromatic carbocycles. The van der Waals surface area contributed by atoms with Crippen molar-refractivity contribution in [3.63, 3.8) is 0 Å². The Morgan fingerprint density at radius 1 is 0.906 bits per heavy atom. The third-order valence-electron chi connectivity index (χ3n) is 4.83. The molecule has 0 radical (unpaired) electrons. The van der Waals surface area contributed by atoms with E-state index in [4.69, 9.17) is 14.2 Å². The molecule has 0 bridgehead atoms. The molecule has 0 spiro atoms. The molecule has 1 fully saturated rings. The van der Waals surface area contributed by atoms with Gasteiger partial charge >= 0.3 is 5.97 Å². The highest BCUT2D eigenvalue weighted by molar-refractivity contribution is 5.91. The van der Waals surface area contributed by atoms with Gasteiger partial charge in [0.15, 0.2) is 28.7 Å². The number of ether oxygens (including phenoxy) is 3. The lowest BCUT2D eigenvalue weighted by atomic mass is 9.99. The van der Waals surface area contributed by atoms with Gasteiger partial charge in [-0.15, -0.1) is 0 Å². The van der Waals surface area contributed by atoms with E-state index in [1.54, 1.807) is 0 Å². The number of hydrogen-bond acceptors (Lipinski definition) is 12. The Hall–Kier alpha value is -3.45. The van der Waals surface area contributed by atoms with Gasteiger partial charge in [0.1, 0.15) is 36.8 Å². The molecule has 0 unspecified atom stereocenters. The minimum atomic E-state index is -1.77. The summed E-state index contributed by atoms with van der Waals surface area (Å²) in [7, 11) is 0. The number of phenolic OH excluding ortho intramolecular Hbond substituents is 5. The van der Waals surface area contributed by atoms with Gasteiger partial charge in [0.2, 0.25) is 6.29 Å². The maximum atomic E-state index is 12.2. The number of esters is 1. The summed E-state index contributed by atoms with van der Waals surface area (Å²) in [6, 6.07) is 3.95. The van der Waals surface area contributed by atoms with E-state index in [1.807, 2.05) is 0 Å². The summed E-state index contributed by atoms with van der Waals surface area (Å²) in [5, 5.41) is 78.3. The highest BCUT2D eigenvalue weighted by Gasteiger charge is 2.46. The standard InChI is InChI=1S/C20H22O12/c1-7-2-9(21)5-12(24)18(7)32-20-17(28)16(27)15(26)13(31-20)6-30-19(29)8-3-10(22)14(25)11(23)4-8/h2-5,13,15-17,20-28H,6H2,1H3/t13-,15-,16+,17-,20+/m1/s1. The van der Waals surface area contributed by atoms with Crippen LogP contribution >= 0.6 is 0 Å². The first-order valence-corrected chi connectivity index (χ1v) is 9.30. The predicted octanol–water partition coefficient (Wildman–Crippen LogP) is -0.434. The first kappa shape index (κ1) is 23.2. The Kier molecular flexibility index (Phi) is 6.50. The second-order valence-electron chi connectivity index (χ2n) is 7.21. The van der Waals surface area contributed by atoms with Crippen molar-refractivity contribution in [2.75, 3.05) is 6.61 Å².